The average Bonchev–Trinajstić information content (AvgIpc) is 3.60. The van der Waals surface area contributed by atoms with E-state index in [-0.39, 0.29) is 18.4 Å². The maximum Gasteiger partial charge on any atom is 0.251 e. The number of unbranched alkanes of at least 4 members (excludes halogenated alkanes) is 4. The zero-order chi connectivity index (χ0) is 42.4. The molecule has 0 bridgehead atoms. The van der Waals surface area contributed by atoms with Crippen LogP contribution in [0.3, 0.4) is 0 Å². The van der Waals surface area contributed by atoms with Crippen LogP contribution < -0.4 is 21.3 Å². The van der Waals surface area contributed by atoms with Gasteiger partial charge in [-0.05, 0) is 67.7 Å². The number of amides is 2. The molecule has 6 N–H and O–H groups in total. The number of benzene rings is 3. The minimum Gasteiger partial charge on any atom is -0.395 e. The van der Waals surface area contributed by atoms with Gasteiger partial charge in [-0.2, -0.15) is 9.61 Å². The van der Waals surface area contributed by atoms with Gasteiger partial charge in [-0.3, -0.25) is 14.5 Å². The highest BCUT2D eigenvalue weighted by Gasteiger charge is 2.29. The quantitative estimate of drug-likeness (QED) is 0.0598. The molecule has 0 saturated carbocycles. The van der Waals surface area contributed by atoms with Crippen LogP contribution in [0.25, 0.3) is 28.0 Å². The topological polar surface area (TPSA) is 161 Å². The van der Waals surface area contributed by atoms with Crippen molar-refractivity contribution in [1.82, 2.24) is 30.1 Å². The summed E-state index contributed by atoms with van der Waals surface area (Å²) in [5.74, 6) is 0.347. The Morgan fingerprint density at radius 3 is 2.20 bits per heavy atom. The normalized spacial score (nSPS) is 14.9. The zero-order valence-corrected chi connectivity index (χ0v) is 35.6. The van der Waals surface area contributed by atoms with Gasteiger partial charge in [0.25, 0.3) is 5.91 Å². The fourth-order valence-electron chi connectivity index (χ4n) is 8.12. The van der Waals surface area contributed by atoms with Crippen LogP contribution in [-0.2, 0) is 22.4 Å². The molecule has 0 spiro atoms. The number of carbonyl (C=O) groups is 2. The van der Waals surface area contributed by atoms with E-state index >= 15 is 0 Å². The number of nitrogens with two attached hydrogens (primary N) is 1. The van der Waals surface area contributed by atoms with E-state index in [0.29, 0.717) is 25.9 Å². The molecule has 1 aliphatic heterocycles. The van der Waals surface area contributed by atoms with Crippen LogP contribution >= 0.6 is 0 Å². The van der Waals surface area contributed by atoms with Crippen LogP contribution in [0.4, 0.5) is 5.82 Å². The molecular weight excluding hydrogens is 753 g/mol. The van der Waals surface area contributed by atoms with E-state index in [1.165, 1.54) is 5.56 Å². The first-order valence-corrected chi connectivity index (χ1v) is 21.8. The van der Waals surface area contributed by atoms with Crippen molar-refractivity contribution < 1.29 is 19.8 Å². The molecule has 0 radical (unpaired) electrons. The molecule has 1 saturated heterocycles. The van der Waals surface area contributed by atoms with Crippen LogP contribution in [0.2, 0.25) is 0 Å². The van der Waals surface area contributed by atoms with E-state index < -0.39 is 24.1 Å². The molecule has 12 heteroatoms. The van der Waals surface area contributed by atoms with Crippen molar-refractivity contribution in [3.8, 4) is 22.4 Å². The van der Waals surface area contributed by atoms with Crippen LogP contribution in [0.15, 0.2) is 91.0 Å². The minimum absolute atomic E-state index is 0.168. The van der Waals surface area contributed by atoms with Crippen molar-refractivity contribution in [2.45, 2.75) is 90.3 Å². The third-order valence-electron chi connectivity index (χ3n) is 11.4. The summed E-state index contributed by atoms with van der Waals surface area (Å²) in [5, 5.41) is 30.9. The molecular formula is C48H64N8O4. The number of piperazine rings is 1. The highest BCUT2D eigenvalue weighted by Crippen LogP contribution is 2.33. The van der Waals surface area contributed by atoms with Crippen LogP contribution in [-0.4, -0.2) is 106 Å². The number of rotatable bonds is 21. The first kappa shape index (κ1) is 44.4. The molecule has 1 fully saturated rings. The second-order valence-corrected chi connectivity index (χ2v) is 16.6. The van der Waals surface area contributed by atoms with Crippen LogP contribution in [0, 0.1) is 12.8 Å². The Labute approximate surface area is 355 Å². The standard InChI is InChI=1S/C48H64N8O4/c1-34(2)30-42(52-48(60)45(58)40(49)32-37-17-10-7-11-18-37)47(59)50-23-14-6-4-5-9-16-36-19-15-22-39(31-36)41-33-43(55-26-24-54(25-27-55)28-29-57)56-46(51-41)44(35(3)53-56)38-20-12-8-13-21-38/h7-8,10-13,15,17-22,31,33-34,40,42,45,57-58H,4-6,9,14,16,23-30,32,49H2,1-3H3,(H,50,59)(H,52,60)/t40-,42+,45+/m1/s1. The predicted octanol–water partition coefficient (Wildman–Crippen LogP) is 5.56. The van der Waals surface area contributed by atoms with Gasteiger partial charge in [0.1, 0.15) is 18.0 Å². The highest BCUT2D eigenvalue weighted by molar-refractivity contribution is 5.89. The maximum absolute atomic E-state index is 13.1. The first-order chi connectivity index (χ1) is 29.1. The van der Waals surface area contributed by atoms with E-state index in [9.17, 15) is 19.8 Å². The molecule has 1 aliphatic rings. The number of nitrogens with zero attached hydrogens (tertiary/aromatic N) is 5. The van der Waals surface area contributed by atoms with Gasteiger partial charge in [-0.25, -0.2) is 4.98 Å². The Hall–Kier alpha value is -5.14. The highest BCUT2D eigenvalue weighted by atomic mass is 16.3. The number of aryl methyl sites for hydroxylation is 2. The Kier molecular flexibility index (Phi) is 16.2. The Balaban J connectivity index is 1.00. The van der Waals surface area contributed by atoms with Gasteiger partial charge in [-0.1, -0.05) is 112 Å². The minimum atomic E-state index is -1.42. The molecule has 3 aromatic carbocycles. The number of anilines is 1. The second-order valence-electron chi connectivity index (χ2n) is 16.6. The molecule has 320 valence electrons. The summed E-state index contributed by atoms with van der Waals surface area (Å²) in [6.45, 7) is 10.9. The molecule has 0 unspecified atom stereocenters. The van der Waals surface area contributed by atoms with Gasteiger partial charge in [-0.15, -0.1) is 0 Å². The fourth-order valence-corrected chi connectivity index (χ4v) is 8.12. The molecule has 3 heterocycles. The van der Waals surface area contributed by atoms with Crippen molar-refractivity contribution in [2.75, 3.05) is 50.8 Å². The molecule has 5 aromatic rings. The summed E-state index contributed by atoms with van der Waals surface area (Å²) in [4.78, 5) is 36.0. The summed E-state index contributed by atoms with van der Waals surface area (Å²) in [6.07, 6.45) is 5.40. The second kappa shape index (κ2) is 21.9. The summed E-state index contributed by atoms with van der Waals surface area (Å²) >= 11 is 0. The first-order valence-electron chi connectivity index (χ1n) is 21.8. The Bertz CT molecular complexity index is 2120. The zero-order valence-electron chi connectivity index (χ0n) is 35.6. The van der Waals surface area contributed by atoms with Gasteiger partial charge >= 0.3 is 0 Å². The number of carbonyl (C=O) groups excluding carboxylic acids is 2. The number of aliphatic hydroxyl groups is 2. The summed E-state index contributed by atoms with van der Waals surface area (Å²) in [5.41, 5.74) is 14.3. The van der Waals surface area contributed by atoms with Crippen LogP contribution in [0.1, 0.15) is 69.2 Å². The molecule has 0 aliphatic carbocycles. The smallest absolute Gasteiger partial charge is 0.251 e. The number of hydrogen-bond donors (Lipinski definition) is 5. The lowest BCUT2D eigenvalue weighted by molar-refractivity contribution is -0.135. The molecule has 3 atom stereocenters. The van der Waals surface area contributed by atoms with Gasteiger partial charge in [0.15, 0.2) is 5.65 Å². The lowest BCUT2D eigenvalue weighted by atomic mass is 9.99. The van der Waals surface area contributed by atoms with Crippen LogP contribution in [0.5, 0.6) is 0 Å². The number of aliphatic hydroxyl groups excluding tert-OH is 2. The number of fused-ring (bicyclic) bond motifs is 1. The Morgan fingerprint density at radius 2 is 1.48 bits per heavy atom. The van der Waals surface area contributed by atoms with Crippen molar-refractivity contribution in [1.29, 1.82) is 0 Å². The largest absolute Gasteiger partial charge is 0.395 e. The van der Waals surface area contributed by atoms with Gasteiger partial charge < -0.3 is 31.5 Å². The monoisotopic (exact) mass is 817 g/mol. The van der Waals surface area contributed by atoms with E-state index in [4.69, 9.17) is 15.8 Å². The van der Waals surface area contributed by atoms with Crippen molar-refractivity contribution >= 4 is 23.3 Å². The third kappa shape index (κ3) is 12.0. The summed E-state index contributed by atoms with van der Waals surface area (Å²) in [7, 11) is 0. The SMILES string of the molecule is Cc1nn2c(N3CCN(CCO)CC3)cc(-c3cccc(CCCCCCCNC(=O)[C@H](CC(C)C)NC(=O)[C@@H](O)[C@H](N)Cc4ccccc4)c3)nc2c1-c1ccccc1. The third-order valence-corrected chi connectivity index (χ3v) is 11.4. The van der Waals surface area contributed by atoms with Gasteiger partial charge in [0.05, 0.1) is 18.0 Å². The molecule has 2 amide bonds. The van der Waals surface area contributed by atoms with Crippen molar-refractivity contribution in [3.05, 3.63) is 108 Å². The van der Waals surface area contributed by atoms with E-state index in [0.717, 1.165) is 110 Å². The maximum atomic E-state index is 13.1. The van der Waals surface area contributed by atoms with Gasteiger partial charge in [0, 0.05) is 62.5 Å². The Morgan fingerprint density at radius 1 is 0.817 bits per heavy atom. The number of nitrogens with one attached hydrogen (secondary N) is 2. The number of aromatic nitrogens is 3. The van der Waals surface area contributed by atoms with Crippen molar-refractivity contribution in [3.63, 3.8) is 0 Å². The fraction of sp³-hybridized carbons (Fsp3) is 0.458. The lowest BCUT2D eigenvalue weighted by Crippen LogP contribution is -2.54. The van der Waals surface area contributed by atoms with Gasteiger partial charge in [0.2, 0.25) is 5.91 Å². The summed E-state index contributed by atoms with van der Waals surface area (Å²) in [6, 6.07) is 29.3. The van der Waals surface area contributed by atoms with E-state index in [2.05, 4.69) is 82.0 Å². The van der Waals surface area contributed by atoms with E-state index in [1.807, 2.05) is 54.8 Å². The summed E-state index contributed by atoms with van der Waals surface area (Å²) < 4.78 is 2.01. The molecule has 6 rings (SSSR count). The predicted molar refractivity (Wildman–Crippen MR) is 240 cm³/mol. The van der Waals surface area contributed by atoms with Crippen molar-refractivity contribution in [2.24, 2.45) is 11.7 Å². The average molecular weight is 817 g/mol. The lowest BCUT2D eigenvalue weighted by Gasteiger charge is -2.35. The molecule has 60 heavy (non-hydrogen) atoms. The number of hydrogen-bond acceptors (Lipinski definition) is 9. The van der Waals surface area contributed by atoms with E-state index in [1.54, 1.807) is 0 Å². The molecule has 2 aromatic heterocycles. The molecule has 12 nitrogen and oxygen atoms in total. The number of β-amino-alcohol motifs (C(OH)–C–C–N with tert-alkyl or cyclic N) is 1.